The molecule has 7 nitrogen and oxygen atoms in total. The van der Waals surface area contributed by atoms with E-state index in [-0.39, 0.29) is 27.5 Å². The zero-order chi connectivity index (χ0) is 15.6. The number of carboxylic acids is 1. The van der Waals surface area contributed by atoms with E-state index >= 15 is 0 Å². The van der Waals surface area contributed by atoms with Crippen LogP contribution in [0.2, 0.25) is 0 Å². The lowest BCUT2D eigenvalue weighted by Gasteiger charge is -2.12. The van der Waals surface area contributed by atoms with Crippen LogP contribution in [0.3, 0.4) is 0 Å². The Labute approximate surface area is 121 Å². The third kappa shape index (κ3) is 2.90. The van der Waals surface area contributed by atoms with Crippen molar-refractivity contribution in [2.75, 3.05) is 16.2 Å². The first kappa shape index (κ1) is 14.7. The first-order chi connectivity index (χ1) is 9.83. The quantitative estimate of drug-likeness (QED) is 0.629. The van der Waals surface area contributed by atoms with Crippen LogP contribution in [-0.4, -0.2) is 19.5 Å². The van der Waals surface area contributed by atoms with Crippen molar-refractivity contribution < 1.29 is 18.3 Å². The maximum atomic E-state index is 12.3. The first-order valence-corrected chi connectivity index (χ1v) is 7.30. The van der Waals surface area contributed by atoms with Gasteiger partial charge in [0.1, 0.15) is 4.90 Å². The van der Waals surface area contributed by atoms with Gasteiger partial charge in [-0.25, -0.2) is 13.2 Å². The van der Waals surface area contributed by atoms with Gasteiger partial charge in [-0.2, -0.15) is 0 Å². The molecule has 2 aromatic rings. The zero-order valence-electron chi connectivity index (χ0n) is 10.8. The fourth-order valence-electron chi connectivity index (χ4n) is 1.75. The van der Waals surface area contributed by atoms with Crippen LogP contribution in [-0.2, 0) is 10.0 Å². The maximum absolute atomic E-state index is 12.3. The number of nitrogens with two attached hydrogens (primary N) is 2. The van der Waals surface area contributed by atoms with Gasteiger partial charge < -0.3 is 16.6 Å². The molecule has 0 aliphatic rings. The maximum Gasteiger partial charge on any atom is 0.337 e. The molecule has 0 amide bonds. The van der Waals surface area contributed by atoms with Gasteiger partial charge in [-0.05, 0) is 24.3 Å². The van der Waals surface area contributed by atoms with Crippen LogP contribution in [0.15, 0.2) is 47.4 Å². The molecule has 8 heteroatoms. The highest BCUT2D eigenvalue weighted by Gasteiger charge is 2.21. The largest absolute Gasteiger partial charge is 0.478 e. The normalized spacial score (nSPS) is 11.0. The Morgan fingerprint density at radius 3 is 2.38 bits per heavy atom. The van der Waals surface area contributed by atoms with Crippen molar-refractivity contribution in [2.45, 2.75) is 4.90 Å². The number of hydrogen-bond acceptors (Lipinski definition) is 5. The third-order valence-corrected chi connectivity index (χ3v) is 4.21. The minimum absolute atomic E-state index is 0.0492. The predicted molar refractivity (Wildman–Crippen MR) is 79.5 cm³/mol. The van der Waals surface area contributed by atoms with Crippen molar-refractivity contribution in [1.82, 2.24) is 0 Å². The summed E-state index contributed by atoms with van der Waals surface area (Å²) in [7, 11) is -4.04. The summed E-state index contributed by atoms with van der Waals surface area (Å²) in [6.45, 7) is 0. The van der Waals surface area contributed by atoms with Crippen molar-refractivity contribution in [3.05, 3.63) is 48.0 Å². The molecular formula is C13H13N3O4S. The van der Waals surface area contributed by atoms with Gasteiger partial charge in [-0.1, -0.05) is 18.2 Å². The van der Waals surface area contributed by atoms with Gasteiger partial charge in [0.05, 0.1) is 22.6 Å². The minimum Gasteiger partial charge on any atom is -0.478 e. The number of para-hydroxylation sites is 2. The number of nitrogens with one attached hydrogen (secondary N) is 1. The molecule has 0 saturated carbocycles. The summed E-state index contributed by atoms with van der Waals surface area (Å²) in [5, 5.41) is 9.05. The van der Waals surface area contributed by atoms with Gasteiger partial charge in [0.15, 0.2) is 0 Å². The Morgan fingerprint density at radius 2 is 1.71 bits per heavy atom. The first-order valence-electron chi connectivity index (χ1n) is 5.82. The van der Waals surface area contributed by atoms with E-state index in [9.17, 15) is 13.2 Å². The standard InChI is InChI=1S/C13H13N3O4S/c14-9-5-3-7-11(12(9)15)21(19,20)16-10-6-2-1-4-8(10)13(17)18/h1-7,16H,14-15H2,(H,17,18). The van der Waals surface area contributed by atoms with Crippen LogP contribution < -0.4 is 16.2 Å². The molecule has 0 radical (unpaired) electrons. The lowest BCUT2D eigenvalue weighted by Crippen LogP contribution is -2.17. The third-order valence-electron chi connectivity index (χ3n) is 2.79. The zero-order valence-corrected chi connectivity index (χ0v) is 11.6. The van der Waals surface area contributed by atoms with E-state index in [0.717, 1.165) is 0 Å². The second-order valence-electron chi connectivity index (χ2n) is 4.22. The Kier molecular flexibility index (Phi) is 3.72. The second-order valence-corrected chi connectivity index (χ2v) is 5.87. The van der Waals surface area contributed by atoms with Crippen LogP contribution >= 0.6 is 0 Å². The highest BCUT2D eigenvalue weighted by atomic mass is 32.2. The van der Waals surface area contributed by atoms with Crippen molar-refractivity contribution in [1.29, 1.82) is 0 Å². The molecule has 0 saturated heterocycles. The van der Waals surface area contributed by atoms with E-state index in [4.69, 9.17) is 16.6 Å². The van der Waals surface area contributed by atoms with Crippen molar-refractivity contribution in [2.24, 2.45) is 0 Å². The molecule has 21 heavy (non-hydrogen) atoms. The predicted octanol–water partition coefficient (Wildman–Crippen LogP) is 1.35. The highest BCUT2D eigenvalue weighted by Crippen LogP contribution is 2.27. The van der Waals surface area contributed by atoms with E-state index < -0.39 is 16.0 Å². The summed E-state index contributed by atoms with van der Waals surface area (Å²) in [6.07, 6.45) is 0. The number of benzene rings is 2. The number of carbonyl (C=O) groups is 1. The molecule has 2 aromatic carbocycles. The van der Waals surface area contributed by atoms with Crippen LogP contribution in [0.1, 0.15) is 10.4 Å². The smallest absolute Gasteiger partial charge is 0.337 e. The SMILES string of the molecule is Nc1cccc(S(=O)(=O)Nc2ccccc2C(=O)O)c1N. The molecular weight excluding hydrogens is 294 g/mol. The number of rotatable bonds is 4. The van der Waals surface area contributed by atoms with Crippen molar-refractivity contribution in [3.63, 3.8) is 0 Å². The van der Waals surface area contributed by atoms with E-state index in [1.807, 2.05) is 0 Å². The average molecular weight is 307 g/mol. The molecule has 0 atom stereocenters. The summed E-state index contributed by atoms with van der Waals surface area (Å²) in [6, 6.07) is 9.87. The van der Waals surface area contributed by atoms with Crippen molar-refractivity contribution >= 4 is 33.1 Å². The fraction of sp³-hybridized carbons (Fsp3) is 0. The number of anilines is 3. The fourth-order valence-corrected chi connectivity index (χ4v) is 3.00. The summed E-state index contributed by atoms with van der Waals surface area (Å²) in [5.74, 6) is -1.24. The highest BCUT2D eigenvalue weighted by molar-refractivity contribution is 7.93. The summed E-state index contributed by atoms with van der Waals surface area (Å²) >= 11 is 0. The van der Waals surface area contributed by atoms with Gasteiger partial charge in [0, 0.05) is 0 Å². The van der Waals surface area contributed by atoms with Crippen LogP contribution in [0.4, 0.5) is 17.1 Å². The molecule has 110 valence electrons. The summed E-state index contributed by atoms with van der Waals surface area (Å²) < 4.78 is 26.8. The molecule has 0 spiro atoms. The summed E-state index contributed by atoms with van der Waals surface area (Å²) in [4.78, 5) is 10.9. The Hall–Kier alpha value is -2.74. The number of aromatic carboxylic acids is 1. The van der Waals surface area contributed by atoms with E-state index in [0.29, 0.717) is 0 Å². The lowest BCUT2D eigenvalue weighted by molar-refractivity contribution is 0.0698. The molecule has 6 N–H and O–H groups in total. The molecule has 0 aromatic heterocycles. The number of carboxylic acid groups (broad SMARTS) is 1. The molecule has 0 aliphatic heterocycles. The average Bonchev–Trinajstić information content (AvgIpc) is 2.41. The van der Waals surface area contributed by atoms with Gasteiger partial charge in [0.2, 0.25) is 0 Å². The van der Waals surface area contributed by atoms with E-state index in [2.05, 4.69) is 4.72 Å². The Morgan fingerprint density at radius 1 is 1.05 bits per heavy atom. The number of hydrogen-bond donors (Lipinski definition) is 4. The summed E-state index contributed by atoms with van der Waals surface area (Å²) in [5.41, 5.74) is 11.1. The Bertz CT molecular complexity index is 803. The van der Waals surface area contributed by atoms with Crippen LogP contribution in [0.25, 0.3) is 0 Å². The van der Waals surface area contributed by atoms with E-state index in [1.54, 1.807) is 0 Å². The van der Waals surface area contributed by atoms with Gasteiger partial charge >= 0.3 is 5.97 Å². The number of nitrogen functional groups attached to an aromatic ring is 2. The second kappa shape index (κ2) is 5.33. The molecule has 2 rings (SSSR count). The number of sulfonamides is 1. The Balaban J connectivity index is 2.48. The minimum atomic E-state index is -4.04. The van der Waals surface area contributed by atoms with E-state index in [1.165, 1.54) is 42.5 Å². The molecule has 0 bridgehead atoms. The van der Waals surface area contributed by atoms with Crippen LogP contribution in [0.5, 0.6) is 0 Å². The van der Waals surface area contributed by atoms with Crippen molar-refractivity contribution in [3.8, 4) is 0 Å². The topological polar surface area (TPSA) is 136 Å². The van der Waals surface area contributed by atoms with Gasteiger partial charge in [0.25, 0.3) is 10.0 Å². The molecule has 0 unspecified atom stereocenters. The molecule has 0 fully saturated rings. The van der Waals surface area contributed by atoms with Crippen LogP contribution in [0, 0.1) is 0 Å². The monoisotopic (exact) mass is 307 g/mol. The van der Waals surface area contributed by atoms with Gasteiger partial charge in [-0.3, -0.25) is 4.72 Å². The molecule has 0 heterocycles. The lowest BCUT2D eigenvalue weighted by atomic mass is 10.2. The molecule has 0 aliphatic carbocycles. The van der Waals surface area contributed by atoms with Gasteiger partial charge in [-0.15, -0.1) is 0 Å².